The quantitative estimate of drug-likeness (QED) is 0.0343. The molecule has 0 saturated heterocycles. The normalized spacial score (nSPS) is 12.1. The summed E-state index contributed by atoms with van der Waals surface area (Å²) < 4.78 is 16.9. The zero-order valence-corrected chi connectivity index (χ0v) is 46.2. The van der Waals surface area contributed by atoms with Gasteiger partial charge in [0.15, 0.2) is 6.10 Å². The Morgan fingerprint density at radius 2 is 0.433 bits per heavy atom. The summed E-state index contributed by atoms with van der Waals surface area (Å²) in [5.41, 5.74) is 0. The summed E-state index contributed by atoms with van der Waals surface area (Å²) in [6.45, 7) is 13.8. The Morgan fingerprint density at radius 3 is 0.642 bits per heavy atom. The molecule has 0 aliphatic rings. The highest BCUT2D eigenvalue weighted by atomic mass is 16.6. The molecule has 0 spiro atoms. The fourth-order valence-electron chi connectivity index (χ4n) is 9.35. The Kier molecular flexibility index (Phi) is 51.0. The van der Waals surface area contributed by atoms with Crippen molar-refractivity contribution in [1.29, 1.82) is 0 Å². The van der Waals surface area contributed by atoms with Gasteiger partial charge in [-0.1, -0.05) is 298 Å². The summed E-state index contributed by atoms with van der Waals surface area (Å²) in [5.74, 6) is 1.68. The SMILES string of the molecule is CC(C)CCCCCCCCCCCCCCCCCC(=O)OC[C@@H](COC(=O)CCCCCCCCCCCCCC(C)C)OC(=O)CCCCCCCCCCCCCCCCC(C)C. The Labute approximate surface area is 418 Å². The van der Waals surface area contributed by atoms with E-state index in [0.717, 1.165) is 75.5 Å². The molecule has 0 amide bonds. The molecule has 6 nitrogen and oxygen atoms in total. The first-order valence-electron chi connectivity index (χ1n) is 30.1. The second-order valence-electron chi connectivity index (χ2n) is 22.4. The van der Waals surface area contributed by atoms with E-state index in [1.807, 2.05) is 0 Å². The van der Waals surface area contributed by atoms with Crippen LogP contribution in [-0.4, -0.2) is 37.2 Å². The van der Waals surface area contributed by atoms with Crippen molar-refractivity contribution in [1.82, 2.24) is 0 Å². The van der Waals surface area contributed by atoms with E-state index in [0.29, 0.717) is 19.3 Å². The number of ether oxygens (including phenoxy) is 3. The molecular weight excluding hydrogens is 829 g/mol. The van der Waals surface area contributed by atoms with E-state index in [1.54, 1.807) is 0 Å². The van der Waals surface area contributed by atoms with Crippen LogP contribution in [0.5, 0.6) is 0 Å². The van der Waals surface area contributed by atoms with Crippen molar-refractivity contribution in [3.05, 3.63) is 0 Å². The maximum Gasteiger partial charge on any atom is 0.306 e. The minimum atomic E-state index is -0.764. The van der Waals surface area contributed by atoms with Gasteiger partial charge < -0.3 is 14.2 Å². The average Bonchev–Trinajstić information content (AvgIpc) is 3.29. The first-order valence-corrected chi connectivity index (χ1v) is 30.1. The molecular formula is C61H118O6. The minimum Gasteiger partial charge on any atom is -0.462 e. The molecule has 0 aromatic heterocycles. The van der Waals surface area contributed by atoms with Gasteiger partial charge in [-0.05, 0) is 37.0 Å². The maximum absolute atomic E-state index is 12.9. The highest BCUT2D eigenvalue weighted by Gasteiger charge is 2.19. The number of hydrogen-bond acceptors (Lipinski definition) is 6. The predicted molar refractivity (Wildman–Crippen MR) is 289 cm³/mol. The zero-order chi connectivity index (χ0) is 49.1. The number of carbonyl (C=O) groups excluding carboxylic acids is 3. The van der Waals surface area contributed by atoms with Gasteiger partial charge >= 0.3 is 17.9 Å². The molecule has 0 unspecified atom stereocenters. The molecule has 67 heavy (non-hydrogen) atoms. The van der Waals surface area contributed by atoms with Crippen molar-refractivity contribution in [2.45, 2.75) is 343 Å². The molecule has 0 aliphatic heterocycles. The van der Waals surface area contributed by atoms with Crippen molar-refractivity contribution < 1.29 is 28.6 Å². The van der Waals surface area contributed by atoms with E-state index < -0.39 is 6.10 Å². The molecule has 0 saturated carbocycles. The first-order chi connectivity index (χ1) is 32.6. The lowest BCUT2D eigenvalue weighted by Gasteiger charge is -2.18. The summed E-state index contributed by atoms with van der Waals surface area (Å²) in [4.78, 5) is 38.2. The van der Waals surface area contributed by atoms with Crippen molar-refractivity contribution in [2.75, 3.05) is 13.2 Å². The second kappa shape index (κ2) is 52.2. The molecule has 0 heterocycles. The van der Waals surface area contributed by atoms with E-state index in [2.05, 4.69) is 41.5 Å². The van der Waals surface area contributed by atoms with Gasteiger partial charge in [0, 0.05) is 19.3 Å². The number of unbranched alkanes of at least 4 members (excludes halogenated alkanes) is 37. The summed E-state index contributed by atoms with van der Waals surface area (Å²) >= 11 is 0. The molecule has 398 valence electrons. The molecule has 0 aliphatic carbocycles. The van der Waals surface area contributed by atoms with Crippen molar-refractivity contribution in [2.24, 2.45) is 17.8 Å². The van der Waals surface area contributed by atoms with Gasteiger partial charge in [-0.3, -0.25) is 14.4 Å². The van der Waals surface area contributed by atoms with Crippen LogP contribution in [0.15, 0.2) is 0 Å². The topological polar surface area (TPSA) is 78.9 Å². The van der Waals surface area contributed by atoms with Crippen LogP contribution in [0.2, 0.25) is 0 Å². The Hall–Kier alpha value is -1.59. The number of rotatable bonds is 54. The van der Waals surface area contributed by atoms with Crippen LogP contribution in [0.1, 0.15) is 337 Å². The van der Waals surface area contributed by atoms with Crippen LogP contribution in [-0.2, 0) is 28.6 Å². The van der Waals surface area contributed by atoms with Crippen LogP contribution in [0.3, 0.4) is 0 Å². The Morgan fingerprint density at radius 1 is 0.254 bits per heavy atom. The molecule has 0 fully saturated rings. The first kappa shape index (κ1) is 65.4. The molecule has 0 N–H and O–H groups in total. The van der Waals surface area contributed by atoms with Gasteiger partial charge in [0.05, 0.1) is 0 Å². The van der Waals surface area contributed by atoms with Gasteiger partial charge in [-0.25, -0.2) is 0 Å². The lowest BCUT2D eigenvalue weighted by Crippen LogP contribution is -2.30. The molecule has 6 heteroatoms. The third kappa shape index (κ3) is 55.2. The largest absolute Gasteiger partial charge is 0.462 e. The highest BCUT2D eigenvalue weighted by molar-refractivity contribution is 5.71. The lowest BCUT2D eigenvalue weighted by atomic mass is 10.0. The van der Waals surface area contributed by atoms with Gasteiger partial charge in [0.25, 0.3) is 0 Å². The van der Waals surface area contributed by atoms with Gasteiger partial charge in [-0.2, -0.15) is 0 Å². The third-order valence-corrected chi connectivity index (χ3v) is 13.9. The smallest absolute Gasteiger partial charge is 0.306 e. The van der Waals surface area contributed by atoms with Crippen molar-refractivity contribution in [3.63, 3.8) is 0 Å². The molecule has 0 aromatic carbocycles. The van der Waals surface area contributed by atoms with Gasteiger partial charge in [0.2, 0.25) is 0 Å². The predicted octanol–water partition coefficient (Wildman–Crippen LogP) is 19.9. The summed E-state index contributed by atoms with van der Waals surface area (Å²) in [7, 11) is 0. The summed E-state index contributed by atoms with van der Waals surface area (Å²) in [6.07, 6.45) is 55.2. The Balaban J connectivity index is 4.29. The zero-order valence-electron chi connectivity index (χ0n) is 46.2. The van der Waals surface area contributed by atoms with E-state index in [4.69, 9.17) is 14.2 Å². The van der Waals surface area contributed by atoms with Crippen molar-refractivity contribution >= 4 is 17.9 Å². The molecule has 1 atom stereocenters. The Bertz CT molecular complexity index is 1040. The lowest BCUT2D eigenvalue weighted by molar-refractivity contribution is -0.167. The van der Waals surface area contributed by atoms with E-state index in [1.165, 1.54) is 218 Å². The fourth-order valence-corrected chi connectivity index (χ4v) is 9.35. The standard InChI is InChI=1S/C61H118O6/c1-55(2)47-41-35-29-23-17-12-8-7-9-14-20-26-32-38-44-50-59(62)65-53-58(54-66-60(63)51-45-39-33-27-22-16-19-25-31-37-43-49-57(5)6)67-61(64)52-46-40-34-28-21-15-11-10-13-18-24-30-36-42-48-56(3)4/h55-58H,7-54H2,1-6H3/t58-/m0/s1. The van der Waals surface area contributed by atoms with E-state index >= 15 is 0 Å². The molecule has 0 bridgehead atoms. The van der Waals surface area contributed by atoms with Gasteiger partial charge in [0.1, 0.15) is 13.2 Å². The maximum atomic E-state index is 12.9. The minimum absolute atomic E-state index is 0.0631. The molecule has 0 radical (unpaired) electrons. The van der Waals surface area contributed by atoms with Crippen LogP contribution in [0.25, 0.3) is 0 Å². The van der Waals surface area contributed by atoms with Crippen LogP contribution < -0.4 is 0 Å². The highest BCUT2D eigenvalue weighted by Crippen LogP contribution is 2.19. The van der Waals surface area contributed by atoms with Crippen LogP contribution >= 0.6 is 0 Å². The molecule has 0 rings (SSSR count). The van der Waals surface area contributed by atoms with Crippen molar-refractivity contribution in [3.8, 4) is 0 Å². The second-order valence-corrected chi connectivity index (χ2v) is 22.4. The number of carbonyl (C=O) groups is 3. The van der Waals surface area contributed by atoms with E-state index in [9.17, 15) is 14.4 Å². The monoisotopic (exact) mass is 947 g/mol. The van der Waals surface area contributed by atoms with Gasteiger partial charge in [-0.15, -0.1) is 0 Å². The van der Waals surface area contributed by atoms with Crippen LogP contribution in [0.4, 0.5) is 0 Å². The number of esters is 3. The molecule has 0 aromatic rings. The summed E-state index contributed by atoms with van der Waals surface area (Å²) in [6, 6.07) is 0. The third-order valence-electron chi connectivity index (χ3n) is 13.9. The fraction of sp³-hybridized carbons (Fsp3) is 0.951. The van der Waals surface area contributed by atoms with Crippen LogP contribution in [0, 0.1) is 17.8 Å². The average molecular weight is 948 g/mol. The van der Waals surface area contributed by atoms with E-state index in [-0.39, 0.29) is 31.1 Å². The number of hydrogen-bond donors (Lipinski definition) is 0. The summed E-state index contributed by atoms with van der Waals surface area (Å²) in [5, 5.41) is 0.